The molecule has 1 aliphatic rings. The highest BCUT2D eigenvalue weighted by atomic mass is 16.5. The van der Waals surface area contributed by atoms with E-state index in [-0.39, 0.29) is 18.6 Å². The Morgan fingerprint density at radius 3 is 2.79 bits per heavy atom. The largest absolute Gasteiger partial charge is 0.468 e. The number of nitrogens with one attached hydrogen (secondary N) is 1. The van der Waals surface area contributed by atoms with Crippen LogP contribution < -0.4 is 10.1 Å². The van der Waals surface area contributed by atoms with E-state index in [0.29, 0.717) is 5.88 Å². The van der Waals surface area contributed by atoms with Gasteiger partial charge in [0, 0.05) is 50.3 Å². The van der Waals surface area contributed by atoms with Crippen LogP contribution in [0.15, 0.2) is 48.9 Å². The highest BCUT2D eigenvalue weighted by molar-refractivity contribution is 5.77. The highest BCUT2D eigenvalue weighted by Crippen LogP contribution is 2.13. The summed E-state index contributed by atoms with van der Waals surface area (Å²) in [5.74, 6) is 0.380. The van der Waals surface area contributed by atoms with E-state index in [0.717, 1.165) is 32.5 Å². The summed E-state index contributed by atoms with van der Waals surface area (Å²) < 4.78 is 5.37. The standard InChI is InChI=1S/C18H22N4O2/c23-17(14-24-18-5-1-2-9-20-18)21-16-6-10-22(11-7-16)13-15-4-3-8-19-12-15/h1-5,8-9,12,16H,6-7,10-11,13-14H2,(H,21,23). The first kappa shape index (κ1) is 16.4. The Morgan fingerprint density at radius 2 is 2.08 bits per heavy atom. The fraction of sp³-hybridized carbons (Fsp3) is 0.389. The van der Waals surface area contributed by atoms with Crippen LogP contribution in [-0.4, -0.2) is 46.5 Å². The summed E-state index contributed by atoms with van der Waals surface area (Å²) >= 11 is 0. The zero-order valence-electron chi connectivity index (χ0n) is 13.6. The van der Waals surface area contributed by atoms with E-state index in [1.54, 1.807) is 18.5 Å². The number of aromatic nitrogens is 2. The lowest BCUT2D eigenvalue weighted by atomic mass is 10.0. The molecule has 2 aromatic rings. The van der Waals surface area contributed by atoms with Crippen LogP contribution in [0.3, 0.4) is 0 Å². The second kappa shape index (κ2) is 8.40. The first-order valence-electron chi connectivity index (χ1n) is 8.24. The smallest absolute Gasteiger partial charge is 0.258 e. The molecular weight excluding hydrogens is 304 g/mol. The van der Waals surface area contributed by atoms with Crippen LogP contribution in [-0.2, 0) is 11.3 Å². The van der Waals surface area contributed by atoms with E-state index >= 15 is 0 Å². The van der Waals surface area contributed by atoms with E-state index in [2.05, 4.69) is 26.3 Å². The van der Waals surface area contributed by atoms with Crippen LogP contribution in [0, 0.1) is 0 Å². The topological polar surface area (TPSA) is 67.3 Å². The molecule has 0 bridgehead atoms. The summed E-state index contributed by atoms with van der Waals surface area (Å²) in [6.07, 6.45) is 7.25. The third-order valence-corrected chi connectivity index (χ3v) is 4.07. The number of hydrogen-bond acceptors (Lipinski definition) is 5. The molecule has 1 amide bonds. The minimum atomic E-state index is -0.0913. The van der Waals surface area contributed by atoms with E-state index < -0.39 is 0 Å². The molecule has 0 aromatic carbocycles. The fourth-order valence-corrected chi connectivity index (χ4v) is 2.83. The van der Waals surface area contributed by atoms with Crippen molar-refractivity contribution < 1.29 is 9.53 Å². The number of rotatable bonds is 6. The van der Waals surface area contributed by atoms with Crippen molar-refractivity contribution in [3.05, 3.63) is 54.5 Å². The number of amides is 1. The van der Waals surface area contributed by atoms with Crippen molar-refractivity contribution in [2.75, 3.05) is 19.7 Å². The Bertz CT molecular complexity index is 628. The van der Waals surface area contributed by atoms with Crippen molar-refractivity contribution in [1.29, 1.82) is 0 Å². The Morgan fingerprint density at radius 1 is 1.21 bits per heavy atom. The molecule has 0 unspecified atom stereocenters. The number of ether oxygens (including phenoxy) is 1. The Hall–Kier alpha value is -2.47. The molecule has 6 nitrogen and oxygen atoms in total. The maximum atomic E-state index is 12.0. The molecule has 0 radical (unpaired) electrons. The number of likely N-dealkylation sites (tertiary alicyclic amines) is 1. The van der Waals surface area contributed by atoms with Gasteiger partial charge in [0.2, 0.25) is 5.88 Å². The normalized spacial score (nSPS) is 15.8. The SMILES string of the molecule is O=C(COc1ccccn1)NC1CCN(Cc2cccnc2)CC1. The summed E-state index contributed by atoms with van der Waals surface area (Å²) in [4.78, 5) is 22.5. The molecule has 0 atom stereocenters. The van der Waals surface area contributed by atoms with Gasteiger partial charge in [-0.15, -0.1) is 0 Å². The van der Waals surface area contributed by atoms with E-state index in [9.17, 15) is 4.79 Å². The van der Waals surface area contributed by atoms with Crippen molar-refractivity contribution in [1.82, 2.24) is 20.2 Å². The van der Waals surface area contributed by atoms with E-state index in [1.807, 2.05) is 24.4 Å². The third kappa shape index (κ3) is 5.03. The molecule has 1 saturated heterocycles. The molecule has 3 heterocycles. The maximum absolute atomic E-state index is 12.0. The van der Waals surface area contributed by atoms with Gasteiger partial charge in [-0.3, -0.25) is 14.7 Å². The molecule has 1 N–H and O–H groups in total. The lowest BCUT2D eigenvalue weighted by Crippen LogP contribution is -2.45. The number of hydrogen-bond donors (Lipinski definition) is 1. The van der Waals surface area contributed by atoms with Gasteiger partial charge in [0.25, 0.3) is 5.91 Å². The zero-order chi connectivity index (χ0) is 16.6. The van der Waals surface area contributed by atoms with Gasteiger partial charge in [-0.2, -0.15) is 0 Å². The van der Waals surface area contributed by atoms with Crippen LogP contribution >= 0.6 is 0 Å². The lowest BCUT2D eigenvalue weighted by molar-refractivity contribution is -0.124. The summed E-state index contributed by atoms with van der Waals surface area (Å²) in [5, 5.41) is 3.04. The summed E-state index contributed by atoms with van der Waals surface area (Å²) in [5.41, 5.74) is 1.23. The first-order valence-corrected chi connectivity index (χ1v) is 8.24. The monoisotopic (exact) mass is 326 g/mol. The molecule has 6 heteroatoms. The summed E-state index contributed by atoms with van der Waals surface area (Å²) in [6, 6.07) is 9.66. The molecule has 3 rings (SSSR count). The van der Waals surface area contributed by atoms with Crippen LogP contribution in [0.1, 0.15) is 18.4 Å². The lowest BCUT2D eigenvalue weighted by Gasteiger charge is -2.32. The molecule has 0 saturated carbocycles. The van der Waals surface area contributed by atoms with Crippen LogP contribution in [0.2, 0.25) is 0 Å². The fourth-order valence-electron chi connectivity index (χ4n) is 2.83. The molecule has 1 aliphatic heterocycles. The molecule has 126 valence electrons. The van der Waals surface area contributed by atoms with E-state index in [4.69, 9.17) is 4.74 Å². The quantitative estimate of drug-likeness (QED) is 0.874. The molecule has 0 spiro atoms. The second-order valence-electron chi connectivity index (χ2n) is 5.94. The van der Waals surface area contributed by atoms with Gasteiger partial charge in [0.15, 0.2) is 6.61 Å². The van der Waals surface area contributed by atoms with Gasteiger partial charge in [-0.05, 0) is 30.5 Å². The van der Waals surface area contributed by atoms with Crippen molar-refractivity contribution in [3.63, 3.8) is 0 Å². The first-order chi connectivity index (χ1) is 11.8. The average Bonchev–Trinajstić information content (AvgIpc) is 2.63. The number of carbonyl (C=O) groups excluding carboxylic acids is 1. The van der Waals surface area contributed by atoms with Gasteiger partial charge < -0.3 is 10.1 Å². The summed E-state index contributed by atoms with van der Waals surface area (Å²) in [6.45, 7) is 2.87. The van der Waals surface area contributed by atoms with Crippen LogP contribution in [0.5, 0.6) is 5.88 Å². The average molecular weight is 326 g/mol. The number of piperidine rings is 1. The Kier molecular flexibility index (Phi) is 5.74. The molecule has 2 aromatic heterocycles. The number of pyridine rings is 2. The van der Waals surface area contributed by atoms with Crippen LogP contribution in [0.25, 0.3) is 0 Å². The molecule has 1 fully saturated rings. The highest BCUT2D eigenvalue weighted by Gasteiger charge is 2.20. The predicted molar refractivity (Wildman–Crippen MR) is 90.4 cm³/mol. The summed E-state index contributed by atoms with van der Waals surface area (Å²) in [7, 11) is 0. The van der Waals surface area contributed by atoms with Crippen molar-refractivity contribution in [2.45, 2.75) is 25.4 Å². The Labute approximate surface area is 141 Å². The third-order valence-electron chi connectivity index (χ3n) is 4.07. The van der Waals surface area contributed by atoms with Crippen molar-refractivity contribution in [2.24, 2.45) is 0 Å². The van der Waals surface area contributed by atoms with E-state index in [1.165, 1.54) is 5.56 Å². The van der Waals surface area contributed by atoms with Crippen LogP contribution in [0.4, 0.5) is 0 Å². The van der Waals surface area contributed by atoms with Gasteiger partial charge in [0.1, 0.15) is 0 Å². The second-order valence-corrected chi connectivity index (χ2v) is 5.94. The maximum Gasteiger partial charge on any atom is 0.258 e. The minimum Gasteiger partial charge on any atom is -0.468 e. The minimum absolute atomic E-state index is 0.00686. The van der Waals surface area contributed by atoms with Gasteiger partial charge >= 0.3 is 0 Å². The predicted octanol–water partition coefficient (Wildman–Crippen LogP) is 1.64. The Balaban J connectivity index is 1.36. The molecule has 24 heavy (non-hydrogen) atoms. The van der Waals surface area contributed by atoms with Gasteiger partial charge in [0.05, 0.1) is 0 Å². The van der Waals surface area contributed by atoms with Gasteiger partial charge in [-0.25, -0.2) is 4.98 Å². The zero-order valence-corrected chi connectivity index (χ0v) is 13.6. The van der Waals surface area contributed by atoms with Crippen molar-refractivity contribution in [3.8, 4) is 5.88 Å². The van der Waals surface area contributed by atoms with Crippen molar-refractivity contribution >= 4 is 5.91 Å². The number of carbonyl (C=O) groups is 1. The molecule has 0 aliphatic carbocycles. The van der Waals surface area contributed by atoms with Gasteiger partial charge in [-0.1, -0.05) is 12.1 Å². The molecular formula is C18H22N4O2. The number of nitrogens with zero attached hydrogens (tertiary/aromatic N) is 3.